The lowest BCUT2D eigenvalue weighted by Gasteiger charge is -2.30. The summed E-state index contributed by atoms with van der Waals surface area (Å²) in [4.78, 5) is 2.30. The van der Waals surface area contributed by atoms with Gasteiger partial charge in [-0.25, -0.2) is 0 Å². The van der Waals surface area contributed by atoms with Crippen LogP contribution in [0.1, 0.15) is 16.7 Å². The van der Waals surface area contributed by atoms with Gasteiger partial charge in [0.15, 0.2) is 0 Å². The molecule has 0 aromatic heterocycles. The fourth-order valence-corrected chi connectivity index (χ4v) is 3.22. The second kappa shape index (κ2) is 7.52. The molecule has 0 radical (unpaired) electrons. The van der Waals surface area contributed by atoms with Crippen molar-refractivity contribution in [3.05, 3.63) is 77.4 Å². The molecular weight excluding hydrogens is 322 g/mol. The first-order valence-corrected chi connectivity index (χ1v) is 8.70. The minimum atomic E-state index is 0.863. The van der Waals surface area contributed by atoms with E-state index in [4.69, 9.17) is 9.47 Å². The number of anilines is 3. The lowest BCUT2D eigenvalue weighted by Crippen LogP contribution is -2.14. The zero-order valence-corrected chi connectivity index (χ0v) is 16.0. The minimum Gasteiger partial charge on any atom is -0.497 e. The third kappa shape index (κ3) is 3.38. The Bertz CT molecular complexity index is 864. The molecule has 26 heavy (non-hydrogen) atoms. The maximum atomic E-state index is 5.38. The Morgan fingerprint density at radius 2 is 1.04 bits per heavy atom. The molecule has 3 heteroatoms. The van der Waals surface area contributed by atoms with Crippen LogP contribution in [0, 0.1) is 20.8 Å². The van der Waals surface area contributed by atoms with E-state index >= 15 is 0 Å². The monoisotopic (exact) mass is 347 g/mol. The number of aryl methyl sites for hydroxylation is 3. The van der Waals surface area contributed by atoms with Gasteiger partial charge in [0, 0.05) is 17.1 Å². The molecule has 0 unspecified atom stereocenters. The molecule has 0 spiro atoms. The van der Waals surface area contributed by atoms with Crippen molar-refractivity contribution in [1.29, 1.82) is 0 Å². The van der Waals surface area contributed by atoms with Gasteiger partial charge in [0.1, 0.15) is 11.5 Å². The van der Waals surface area contributed by atoms with Gasteiger partial charge in [-0.15, -0.1) is 0 Å². The Balaban J connectivity index is 2.23. The fraction of sp³-hybridized carbons (Fsp3) is 0.217. The molecule has 0 fully saturated rings. The van der Waals surface area contributed by atoms with Gasteiger partial charge < -0.3 is 14.4 Å². The summed E-state index contributed by atoms with van der Waals surface area (Å²) < 4.78 is 10.8. The number of rotatable bonds is 5. The van der Waals surface area contributed by atoms with E-state index in [1.54, 1.807) is 14.2 Å². The van der Waals surface area contributed by atoms with Crippen LogP contribution in [-0.4, -0.2) is 14.2 Å². The highest BCUT2D eigenvalue weighted by molar-refractivity contribution is 5.82. The number of benzene rings is 3. The second-order valence-electron chi connectivity index (χ2n) is 6.43. The number of para-hydroxylation sites is 1. The summed E-state index contributed by atoms with van der Waals surface area (Å²) in [6, 6.07) is 20.8. The molecule has 0 heterocycles. The summed E-state index contributed by atoms with van der Waals surface area (Å²) in [5, 5.41) is 0. The van der Waals surface area contributed by atoms with E-state index in [1.807, 2.05) is 12.1 Å². The van der Waals surface area contributed by atoms with Crippen LogP contribution >= 0.6 is 0 Å². The third-order valence-corrected chi connectivity index (χ3v) is 4.65. The molecule has 0 saturated heterocycles. The van der Waals surface area contributed by atoms with Crippen molar-refractivity contribution in [2.24, 2.45) is 0 Å². The van der Waals surface area contributed by atoms with E-state index in [0.29, 0.717) is 0 Å². The predicted molar refractivity (Wildman–Crippen MR) is 108 cm³/mol. The molecule has 0 aliphatic heterocycles. The van der Waals surface area contributed by atoms with Crippen LogP contribution in [0.15, 0.2) is 60.7 Å². The predicted octanol–water partition coefficient (Wildman–Crippen LogP) is 6.10. The third-order valence-electron chi connectivity index (χ3n) is 4.65. The summed E-state index contributed by atoms with van der Waals surface area (Å²) in [6.07, 6.45) is 0. The largest absolute Gasteiger partial charge is 0.497 e. The zero-order valence-electron chi connectivity index (χ0n) is 16.0. The van der Waals surface area contributed by atoms with Crippen molar-refractivity contribution < 1.29 is 9.47 Å². The van der Waals surface area contributed by atoms with Gasteiger partial charge >= 0.3 is 0 Å². The standard InChI is InChI=1S/C23H25NO2/c1-16-8-6-7-9-21(16)24(22-12-10-19(25-4)14-17(22)2)23-13-11-20(26-5)15-18(23)3/h6-15H,1-5H3. The van der Waals surface area contributed by atoms with Gasteiger partial charge in [-0.05, 0) is 79.9 Å². The van der Waals surface area contributed by atoms with Crippen LogP contribution in [-0.2, 0) is 0 Å². The quantitative estimate of drug-likeness (QED) is 0.557. The molecule has 0 saturated carbocycles. The van der Waals surface area contributed by atoms with Crippen LogP contribution in [0.25, 0.3) is 0 Å². The molecule has 3 aromatic rings. The number of nitrogens with zero attached hydrogens (tertiary/aromatic N) is 1. The molecule has 3 aromatic carbocycles. The van der Waals surface area contributed by atoms with E-state index < -0.39 is 0 Å². The van der Waals surface area contributed by atoms with Crippen LogP contribution in [0.2, 0.25) is 0 Å². The summed E-state index contributed by atoms with van der Waals surface area (Å²) in [5.41, 5.74) is 6.96. The van der Waals surface area contributed by atoms with Gasteiger partial charge in [-0.3, -0.25) is 0 Å². The normalized spacial score (nSPS) is 10.5. The van der Waals surface area contributed by atoms with Gasteiger partial charge in [0.05, 0.1) is 14.2 Å². The molecular formula is C23H25NO2. The lowest BCUT2D eigenvalue weighted by atomic mass is 10.1. The Morgan fingerprint density at radius 3 is 1.46 bits per heavy atom. The van der Waals surface area contributed by atoms with Gasteiger partial charge in [0.2, 0.25) is 0 Å². The van der Waals surface area contributed by atoms with Gasteiger partial charge in [0.25, 0.3) is 0 Å². The minimum absolute atomic E-state index is 0.863. The first-order valence-electron chi connectivity index (χ1n) is 8.70. The van der Waals surface area contributed by atoms with E-state index in [1.165, 1.54) is 5.56 Å². The highest BCUT2D eigenvalue weighted by Gasteiger charge is 2.18. The molecule has 0 amide bonds. The van der Waals surface area contributed by atoms with Crippen molar-refractivity contribution in [2.75, 3.05) is 19.1 Å². The molecule has 3 nitrogen and oxygen atoms in total. The van der Waals surface area contributed by atoms with Gasteiger partial charge in [-0.1, -0.05) is 18.2 Å². The summed E-state index contributed by atoms with van der Waals surface area (Å²) in [5.74, 6) is 1.73. The highest BCUT2D eigenvalue weighted by Crippen LogP contribution is 2.41. The topological polar surface area (TPSA) is 21.7 Å². The second-order valence-corrected chi connectivity index (χ2v) is 6.43. The number of ether oxygens (including phenoxy) is 2. The van der Waals surface area contributed by atoms with Crippen molar-refractivity contribution in [1.82, 2.24) is 0 Å². The van der Waals surface area contributed by atoms with Crippen molar-refractivity contribution in [3.63, 3.8) is 0 Å². The number of hydrogen-bond acceptors (Lipinski definition) is 3. The molecule has 134 valence electrons. The smallest absolute Gasteiger partial charge is 0.119 e. The Morgan fingerprint density at radius 1 is 0.577 bits per heavy atom. The molecule has 0 aliphatic rings. The van der Waals surface area contributed by atoms with E-state index in [0.717, 1.165) is 39.7 Å². The molecule has 3 rings (SSSR count). The van der Waals surface area contributed by atoms with Crippen molar-refractivity contribution >= 4 is 17.1 Å². The van der Waals surface area contributed by atoms with Crippen LogP contribution in [0.5, 0.6) is 11.5 Å². The molecule has 0 N–H and O–H groups in total. The average molecular weight is 347 g/mol. The van der Waals surface area contributed by atoms with Crippen molar-refractivity contribution in [2.45, 2.75) is 20.8 Å². The highest BCUT2D eigenvalue weighted by atomic mass is 16.5. The Hall–Kier alpha value is -2.94. The van der Waals surface area contributed by atoms with Gasteiger partial charge in [-0.2, -0.15) is 0 Å². The first-order chi connectivity index (χ1) is 12.5. The summed E-state index contributed by atoms with van der Waals surface area (Å²) >= 11 is 0. The Labute approximate surface area is 155 Å². The van der Waals surface area contributed by atoms with Crippen LogP contribution in [0.4, 0.5) is 17.1 Å². The first kappa shape index (κ1) is 17.9. The maximum absolute atomic E-state index is 5.38. The average Bonchev–Trinajstić information content (AvgIpc) is 2.65. The van der Waals surface area contributed by atoms with E-state index in [9.17, 15) is 0 Å². The molecule has 0 aliphatic carbocycles. The van der Waals surface area contributed by atoms with E-state index in [2.05, 4.69) is 74.2 Å². The van der Waals surface area contributed by atoms with Crippen LogP contribution in [0.3, 0.4) is 0 Å². The van der Waals surface area contributed by atoms with E-state index in [-0.39, 0.29) is 0 Å². The number of hydrogen-bond donors (Lipinski definition) is 0. The van der Waals surface area contributed by atoms with Crippen LogP contribution < -0.4 is 14.4 Å². The SMILES string of the molecule is COc1ccc(N(c2ccccc2C)c2ccc(OC)cc2C)c(C)c1. The fourth-order valence-electron chi connectivity index (χ4n) is 3.22. The number of methoxy groups -OCH3 is 2. The summed E-state index contributed by atoms with van der Waals surface area (Å²) in [7, 11) is 3.39. The maximum Gasteiger partial charge on any atom is 0.119 e. The lowest BCUT2D eigenvalue weighted by molar-refractivity contribution is 0.414. The molecule has 0 bridgehead atoms. The Kier molecular flexibility index (Phi) is 5.17. The molecule has 0 atom stereocenters. The summed E-state index contributed by atoms with van der Waals surface area (Å²) in [6.45, 7) is 6.37. The zero-order chi connectivity index (χ0) is 18.7. The van der Waals surface area contributed by atoms with Crippen molar-refractivity contribution in [3.8, 4) is 11.5 Å².